The maximum atomic E-state index is 12.0. The average molecular weight is 336 g/mol. The summed E-state index contributed by atoms with van der Waals surface area (Å²) >= 11 is 0. The minimum Gasteiger partial charge on any atom is -0.459 e. The summed E-state index contributed by atoms with van der Waals surface area (Å²) in [6.07, 6.45) is 3.09. The number of furan rings is 1. The van der Waals surface area contributed by atoms with Crippen molar-refractivity contribution in [1.82, 2.24) is 15.3 Å². The SMILES string of the molecule is Cc1nccc(-c2cccc(NC(=O)CNC(=O)c3ccco3)c2)n1. The molecule has 1 aromatic carbocycles. The molecule has 2 amide bonds. The van der Waals surface area contributed by atoms with Gasteiger partial charge in [-0.2, -0.15) is 0 Å². The smallest absolute Gasteiger partial charge is 0.287 e. The average Bonchev–Trinajstić information content (AvgIpc) is 3.15. The third kappa shape index (κ3) is 4.29. The molecule has 3 rings (SSSR count). The number of benzene rings is 1. The van der Waals surface area contributed by atoms with E-state index in [0.29, 0.717) is 11.5 Å². The Morgan fingerprint density at radius 1 is 1.16 bits per heavy atom. The van der Waals surface area contributed by atoms with Gasteiger partial charge in [0, 0.05) is 17.4 Å². The first-order valence-electron chi connectivity index (χ1n) is 7.63. The summed E-state index contributed by atoms with van der Waals surface area (Å²) in [5.41, 5.74) is 2.25. The summed E-state index contributed by atoms with van der Waals surface area (Å²) in [5.74, 6) is 0.0581. The van der Waals surface area contributed by atoms with Crippen molar-refractivity contribution in [3.8, 4) is 11.3 Å². The normalized spacial score (nSPS) is 10.3. The van der Waals surface area contributed by atoms with Gasteiger partial charge in [-0.25, -0.2) is 9.97 Å². The zero-order valence-electron chi connectivity index (χ0n) is 13.5. The molecule has 0 saturated carbocycles. The number of amides is 2. The van der Waals surface area contributed by atoms with Gasteiger partial charge in [-0.1, -0.05) is 12.1 Å². The number of hydrogen-bond acceptors (Lipinski definition) is 5. The molecule has 2 N–H and O–H groups in total. The number of aromatic nitrogens is 2. The minimum absolute atomic E-state index is 0.156. The van der Waals surface area contributed by atoms with Crippen molar-refractivity contribution >= 4 is 17.5 Å². The highest BCUT2D eigenvalue weighted by molar-refractivity contribution is 5.98. The second-order valence-corrected chi connectivity index (χ2v) is 5.28. The Kier molecular flexibility index (Phi) is 4.84. The molecule has 0 fully saturated rings. The summed E-state index contributed by atoms with van der Waals surface area (Å²) in [6, 6.07) is 12.2. The minimum atomic E-state index is -0.439. The van der Waals surface area contributed by atoms with Gasteiger partial charge in [0.2, 0.25) is 5.91 Å². The Balaban J connectivity index is 1.62. The number of nitrogens with one attached hydrogen (secondary N) is 2. The van der Waals surface area contributed by atoms with Crippen molar-refractivity contribution in [2.45, 2.75) is 6.92 Å². The fraction of sp³-hybridized carbons (Fsp3) is 0.111. The highest BCUT2D eigenvalue weighted by atomic mass is 16.3. The number of anilines is 1. The molecule has 0 radical (unpaired) electrons. The molecule has 2 heterocycles. The Morgan fingerprint density at radius 3 is 2.80 bits per heavy atom. The molecule has 0 spiro atoms. The summed E-state index contributed by atoms with van der Waals surface area (Å²) < 4.78 is 4.96. The van der Waals surface area contributed by atoms with Gasteiger partial charge in [0.25, 0.3) is 5.91 Å². The number of rotatable bonds is 5. The third-order valence-corrected chi connectivity index (χ3v) is 3.37. The topological polar surface area (TPSA) is 97.1 Å². The standard InChI is InChI=1S/C18H16N4O3/c1-12-19-8-7-15(21-12)13-4-2-5-14(10-13)22-17(23)11-20-18(24)16-6-3-9-25-16/h2-10H,11H2,1H3,(H,20,24)(H,22,23). The Morgan fingerprint density at radius 2 is 2.04 bits per heavy atom. The number of carbonyl (C=O) groups is 2. The lowest BCUT2D eigenvalue weighted by Gasteiger charge is -2.08. The quantitative estimate of drug-likeness (QED) is 0.746. The molecule has 126 valence electrons. The predicted molar refractivity (Wildman–Crippen MR) is 91.9 cm³/mol. The van der Waals surface area contributed by atoms with Crippen LogP contribution in [-0.2, 0) is 4.79 Å². The van der Waals surface area contributed by atoms with E-state index in [9.17, 15) is 9.59 Å². The van der Waals surface area contributed by atoms with Crippen LogP contribution in [0.3, 0.4) is 0 Å². The van der Waals surface area contributed by atoms with Crippen LogP contribution in [0.1, 0.15) is 16.4 Å². The molecule has 2 aromatic heterocycles. The van der Waals surface area contributed by atoms with Crippen LogP contribution in [0.2, 0.25) is 0 Å². The van der Waals surface area contributed by atoms with Crippen LogP contribution >= 0.6 is 0 Å². The molecule has 7 heteroatoms. The molecular formula is C18H16N4O3. The van der Waals surface area contributed by atoms with Gasteiger partial charge in [0.15, 0.2) is 5.76 Å². The van der Waals surface area contributed by atoms with E-state index in [1.807, 2.05) is 25.1 Å². The van der Waals surface area contributed by atoms with Crippen molar-refractivity contribution < 1.29 is 14.0 Å². The molecule has 25 heavy (non-hydrogen) atoms. The second-order valence-electron chi connectivity index (χ2n) is 5.28. The van der Waals surface area contributed by atoms with Crippen LogP contribution in [0.15, 0.2) is 59.3 Å². The summed E-state index contributed by atoms with van der Waals surface area (Å²) in [7, 11) is 0. The van der Waals surface area contributed by atoms with Crippen LogP contribution in [-0.4, -0.2) is 28.3 Å². The monoisotopic (exact) mass is 336 g/mol. The molecule has 0 bridgehead atoms. The lowest BCUT2D eigenvalue weighted by molar-refractivity contribution is -0.115. The van der Waals surface area contributed by atoms with Gasteiger partial charge in [0.05, 0.1) is 18.5 Å². The zero-order chi connectivity index (χ0) is 17.6. The molecule has 0 unspecified atom stereocenters. The molecule has 0 saturated heterocycles. The number of hydrogen-bond donors (Lipinski definition) is 2. The highest BCUT2D eigenvalue weighted by Crippen LogP contribution is 2.20. The van der Waals surface area contributed by atoms with Crippen LogP contribution in [0, 0.1) is 6.92 Å². The van der Waals surface area contributed by atoms with Gasteiger partial charge in [0.1, 0.15) is 5.82 Å². The molecule has 0 atom stereocenters. The van der Waals surface area contributed by atoms with E-state index in [2.05, 4.69) is 20.6 Å². The molecule has 0 aliphatic rings. The van der Waals surface area contributed by atoms with E-state index in [4.69, 9.17) is 4.42 Å². The summed E-state index contributed by atoms with van der Waals surface area (Å²) in [5, 5.41) is 5.23. The lowest BCUT2D eigenvalue weighted by atomic mass is 10.1. The van der Waals surface area contributed by atoms with Crippen LogP contribution in [0.5, 0.6) is 0 Å². The third-order valence-electron chi connectivity index (χ3n) is 3.37. The maximum Gasteiger partial charge on any atom is 0.287 e. The summed E-state index contributed by atoms with van der Waals surface area (Å²) in [4.78, 5) is 32.2. The molecule has 0 aliphatic heterocycles. The van der Waals surface area contributed by atoms with Gasteiger partial charge >= 0.3 is 0 Å². The first-order chi connectivity index (χ1) is 12.1. The van der Waals surface area contributed by atoms with Crippen LogP contribution in [0.4, 0.5) is 5.69 Å². The van der Waals surface area contributed by atoms with Crippen LogP contribution < -0.4 is 10.6 Å². The van der Waals surface area contributed by atoms with Crippen LogP contribution in [0.25, 0.3) is 11.3 Å². The molecule has 3 aromatic rings. The molecular weight excluding hydrogens is 320 g/mol. The first kappa shape index (κ1) is 16.4. The number of carbonyl (C=O) groups excluding carboxylic acids is 2. The predicted octanol–water partition coefficient (Wildman–Crippen LogP) is 2.41. The van der Waals surface area contributed by atoms with Crippen molar-refractivity contribution in [3.63, 3.8) is 0 Å². The van der Waals surface area contributed by atoms with E-state index in [-0.39, 0.29) is 18.2 Å². The Hall–Kier alpha value is -3.48. The van der Waals surface area contributed by atoms with Gasteiger partial charge in [-0.15, -0.1) is 0 Å². The number of aryl methyl sites for hydroxylation is 1. The van der Waals surface area contributed by atoms with E-state index in [1.165, 1.54) is 12.3 Å². The maximum absolute atomic E-state index is 12.0. The largest absolute Gasteiger partial charge is 0.459 e. The van der Waals surface area contributed by atoms with E-state index >= 15 is 0 Å². The van der Waals surface area contributed by atoms with Gasteiger partial charge in [-0.05, 0) is 37.3 Å². The highest BCUT2D eigenvalue weighted by Gasteiger charge is 2.10. The Bertz CT molecular complexity index is 891. The zero-order valence-corrected chi connectivity index (χ0v) is 13.5. The fourth-order valence-corrected chi connectivity index (χ4v) is 2.23. The Labute approximate surface area is 144 Å². The lowest BCUT2D eigenvalue weighted by Crippen LogP contribution is -2.32. The first-order valence-corrected chi connectivity index (χ1v) is 7.63. The van der Waals surface area contributed by atoms with E-state index in [0.717, 1.165) is 11.3 Å². The van der Waals surface area contributed by atoms with Crippen molar-refractivity contribution in [3.05, 3.63) is 66.5 Å². The molecule has 0 aliphatic carbocycles. The van der Waals surface area contributed by atoms with Crippen molar-refractivity contribution in [1.29, 1.82) is 0 Å². The van der Waals surface area contributed by atoms with Crippen molar-refractivity contribution in [2.24, 2.45) is 0 Å². The van der Waals surface area contributed by atoms with Crippen molar-refractivity contribution in [2.75, 3.05) is 11.9 Å². The fourth-order valence-electron chi connectivity index (χ4n) is 2.23. The van der Waals surface area contributed by atoms with E-state index < -0.39 is 5.91 Å². The van der Waals surface area contributed by atoms with Gasteiger partial charge in [-0.3, -0.25) is 9.59 Å². The number of nitrogens with zero attached hydrogens (tertiary/aromatic N) is 2. The van der Waals surface area contributed by atoms with E-state index in [1.54, 1.807) is 24.4 Å². The van der Waals surface area contributed by atoms with Gasteiger partial charge < -0.3 is 15.1 Å². The summed E-state index contributed by atoms with van der Waals surface area (Å²) in [6.45, 7) is 1.66. The molecule has 7 nitrogen and oxygen atoms in total. The second kappa shape index (κ2) is 7.39.